The van der Waals surface area contributed by atoms with Crippen LogP contribution in [0.5, 0.6) is 5.75 Å². The molecule has 0 heterocycles. The van der Waals surface area contributed by atoms with E-state index in [1.165, 1.54) is 38.1 Å². The molecule has 2 rings (SSSR count). The highest BCUT2D eigenvalue weighted by molar-refractivity contribution is 6.01. The van der Waals surface area contributed by atoms with Crippen LogP contribution < -0.4 is 0 Å². The summed E-state index contributed by atoms with van der Waals surface area (Å²) in [5.41, 5.74) is -0.0735. The summed E-state index contributed by atoms with van der Waals surface area (Å²) in [5.74, 6) is -6.14. The molecule has 138 valence electrons. The molecule has 0 fully saturated rings. The second-order valence-corrected chi connectivity index (χ2v) is 5.34. The summed E-state index contributed by atoms with van der Waals surface area (Å²) < 4.78 is 38.8. The SMILES string of the molecule is CCOC(=O)C(C(=O)OCC)c1c(F)cc(-c2ccc(O)cc2)cc1F. The number of phenolic OH excluding ortho intramolecular Hbond substituents is 1. The highest BCUT2D eigenvalue weighted by Crippen LogP contribution is 2.31. The molecule has 7 heteroatoms. The fourth-order valence-electron chi connectivity index (χ4n) is 2.46. The largest absolute Gasteiger partial charge is 0.508 e. The number of esters is 2. The molecule has 0 aliphatic carbocycles. The van der Waals surface area contributed by atoms with E-state index in [1.54, 1.807) is 0 Å². The molecule has 0 unspecified atom stereocenters. The molecule has 0 radical (unpaired) electrons. The Hall–Kier alpha value is -2.96. The lowest BCUT2D eigenvalue weighted by molar-refractivity contribution is -0.157. The van der Waals surface area contributed by atoms with Crippen molar-refractivity contribution in [2.45, 2.75) is 19.8 Å². The van der Waals surface area contributed by atoms with Gasteiger partial charge in [-0.15, -0.1) is 0 Å². The lowest BCUT2D eigenvalue weighted by Crippen LogP contribution is -2.28. The summed E-state index contributed by atoms with van der Waals surface area (Å²) in [4.78, 5) is 24.1. The summed E-state index contributed by atoms with van der Waals surface area (Å²) >= 11 is 0. The Morgan fingerprint density at radius 2 is 1.38 bits per heavy atom. The fraction of sp³-hybridized carbons (Fsp3) is 0.263. The van der Waals surface area contributed by atoms with Gasteiger partial charge in [0.05, 0.1) is 13.2 Å². The minimum absolute atomic E-state index is 0.0102. The van der Waals surface area contributed by atoms with Crippen LogP contribution in [0.4, 0.5) is 8.78 Å². The van der Waals surface area contributed by atoms with E-state index in [4.69, 9.17) is 9.47 Å². The number of benzene rings is 2. The molecule has 26 heavy (non-hydrogen) atoms. The van der Waals surface area contributed by atoms with Crippen LogP contribution >= 0.6 is 0 Å². The van der Waals surface area contributed by atoms with E-state index < -0.39 is 35.1 Å². The van der Waals surface area contributed by atoms with Gasteiger partial charge in [0.2, 0.25) is 0 Å². The van der Waals surface area contributed by atoms with Crippen molar-refractivity contribution >= 4 is 11.9 Å². The number of carbonyl (C=O) groups is 2. The van der Waals surface area contributed by atoms with Gasteiger partial charge in [0.1, 0.15) is 17.4 Å². The Bertz CT molecular complexity index is 761. The smallest absolute Gasteiger partial charge is 0.325 e. The molecule has 2 aromatic carbocycles. The summed E-state index contributed by atoms with van der Waals surface area (Å²) in [6.45, 7) is 2.93. The maximum atomic E-state index is 14.6. The molecule has 2 aromatic rings. The van der Waals surface area contributed by atoms with E-state index in [2.05, 4.69) is 0 Å². The average Bonchev–Trinajstić information content (AvgIpc) is 2.58. The topological polar surface area (TPSA) is 72.8 Å². The predicted molar refractivity (Wildman–Crippen MR) is 89.5 cm³/mol. The highest BCUT2D eigenvalue weighted by atomic mass is 19.1. The number of aromatic hydroxyl groups is 1. The van der Waals surface area contributed by atoms with Gasteiger partial charge in [0, 0.05) is 5.56 Å². The summed E-state index contributed by atoms with van der Waals surface area (Å²) in [6, 6.07) is 7.74. The first kappa shape index (κ1) is 19.4. The Balaban J connectivity index is 2.50. The van der Waals surface area contributed by atoms with Crippen molar-refractivity contribution in [3.63, 3.8) is 0 Å². The van der Waals surface area contributed by atoms with Gasteiger partial charge in [-0.1, -0.05) is 12.1 Å². The Morgan fingerprint density at radius 3 is 1.81 bits per heavy atom. The van der Waals surface area contributed by atoms with Gasteiger partial charge in [-0.05, 0) is 49.2 Å². The molecular weight excluding hydrogens is 346 g/mol. The van der Waals surface area contributed by atoms with E-state index in [0.717, 1.165) is 12.1 Å². The number of carbonyl (C=O) groups excluding carboxylic acids is 2. The molecule has 0 saturated carbocycles. The monoisotopic (exact) mass is 364 g/mol. The molecule has 0 amide bonds. The van der Waals surface area contributed by atoms with Crippen molar-refractivity contribution < 1.29 is 33.0 Å². The Kier molecular flexibility index (Phi) is 6.27. The maximum Gasteiger partial charge on any atom is 0.325 e. The number of rotatable bonds is 6. The molecule has 0 bridgehead atoms. The van der Waals surface area contributed by atoms with Gasteiger partial charge in [0.15, 0.2) is 5.92 Å². The van der Waals surface area contributed by atoms with E-state index in [0.29, 0.717) is 5.56 Å². The normalized spacial score (nSPS) is 10.7. The second kappa shape index (κ2) is 8.42. The minimum Gasteiger partial charge on any atom is -0.508 e. The number of halogens is 2. The second-order valence-electron chi connectivity index (χ2n) is 5.34. The van der Waals surface area contributed by atoms with E-state index in [9.17, 15) is 23.5 Å². The van der Waals surface area contributed by atoms with E-state index in [-0.39, 0.29) is 24.5 Å². The van der Waals surface area contributed by atoms with Crippen LogP contribution in [0.25, 0.3) is 11.1 Å². The van der Waals surface area contributed by atoms with Gasteiger partial charge in [-0.25, -0.2) is 8.78 Å². The lowest BCUT2D eigenvalue weighted by atomic mass is 9.94. The van der Waals surface area contributed by atoms with Crippen molar-refractivity contribution in [1.82, 2.24) is 0 Å². The lowest BCUT2D eigenvalue weighted by Gasteiger charge is -2.17. The number of hydrogen-bond acceptors (Lipinski definition) is 5. The molecule has 0 aliphatic rings. The molecule has 0 spiro atoms. The third-order valence-electron chi connectivity index (χ3n) is 3.61. The molecule has 0 saturated heterocycles. The van der Waals surface area contributed by atoms with Crippen molar-refractivity contribution in [1.29, 1.82) is 0 Å². The zero-order chi connectivity index (χ0) is 19.3. The molecule has 0 aliphatic heterocycles. The van der Waals surface area contributed by atoms with Crippen LogP contribution in [0, 0.1) is 11.6 Å². The van der Waals surface area contributed by atoms with Gasteiger partial charge in [-0.2, -0.15) is 0 Å². The van der Waals surface area contributed by atoms with Crippen molar-refractivity contribution in [2.24, 2.45) is 0 Å². The molecule has 1 N–H and O–H groups in total. The van der Waals surface area contributed by atoms with Crippen LogP contribution in [-0.4, -0.2) is 30.3 Å². The first-order valence-corrected chi connectivity index (χ1v) is 8.00. The van der Waals surface area contributed by atoms with Gasteiger partial charge < -0.3 is 14.6 Å². The van der Waals surface area contributed by atoms with E-state index in [1.807, 2.05) is 0 Å². The van der Waals surface area contributed by atoms with Gasteiger partial charge in [0.25, 0.3) is 0 Å². The van der Waals surface area contributed by atoms with E-state index >= 15 is 0 Å². The van der Waals surface area contributed by atoms with Crippen LogP contribution in [0.1, 0.15) is 25.3 Å². The zero-order valence-corrected chi connectivity index (χ0v) is 14.3. The predicted octanol–water partition coefficient (Wildman–Crippen LogP) is 3.55. The summed E-state index contributed by atoms with van der Waals surface area (Å²) in [5, 5.41) is 9.30. The van der Waals surface area contributed by atoms with Crippen LogP contribution in [0.2, 0.25) is 0 Å². The zero-order valence-electron chi connectivity index (χ0n) is 14.3. The first-order valence-electron chi connectivity index (χ1n) is 8.00. The third kappa shape index (κ3) is 4.17. The minimum atomic E-state index is -1.84. The first-order chi connectivity index (χ1) is 12.4. The Labute approximate surface area is 149 Å². The van der Waals surface area contributed by atoms with Crippen LogP contribution in [0.15, 0.2) is 36.4 Å². The fourth-order valence-corrected chi connectivity index (χ4v) is 2.46. The number of phenols is 1. The van der Waals surface area contributed by atoms with Crippen LogP contribution in [0.3, 0.4) is 0 Å². The average molecular weight is 364 g/mol. The summed E-state index contributed by atoms with van der Waals surface area (Å²) in [6.07, 6.45) is 0. The van der Waals surface area contributed by atoms with Crippen molar-refractivity contribution in [2.75, 3.05) is 13.2 Å². The number of ether oxygens (including phenoxy) is 2. The quantitative estimate of drug-likeness (QED) is 0.627. The Morgan fingerprint density at radius 1 is 0.923 bits per heavy atom. The summed E-state index contributed by atoms with van der Waals surface area (Å²) in [7, 11) is 0. The van der Waals surface area contributed by atoms with Gasteiger partial charge >= 0.3 is 11.9 Å². The molecular formula is C19H18F2O5. The van der Waals surface area contributed by atoms with Gasteiger partial charge in [-0.3, -0.25) is 9.59 Å². The highest BCUT2D eigenvalue weighted by Gasteiger charge is 2.36. The van der Waals surface area contributed by atoms with Crippen molar-refractivity contribution in [3.05, 3.63) is 53.6 Å². The van der Waals surface area contributed by atoms with Crippen molar-refractivity contribution in [3.8, 4) is 16.9 Å². The molecule has 5 nitrogen and oxygen atoms in total. The maximum absolute atomic E-state index is 14.6. The number of hydrogen-bond donors (Lipinski definition) is 1. The third-order valence-corrected chi connectivity index (χ3v) is 3.61. The molecule has 0 aromatic heterocycles. The standard InChI is InChI=1S/C19H18F2O5/c1-3-25-18(23)17(19(24)26-4-2)16-14(20)9-12(10-15(16)21)11-5-7-13(22)8-6-11/h5-10,17,22H,3-4H2,1-2H3. The van der Waals surface area contributed by atoms with Crippen LogP contribution in [-0.2, 0) is 19.1 Å². The molecule has 0 atom stereocenters.